The summed E-state index contributed by atoms with van der Waals surface area (Å²) in [5.41, 5.74) is 7.93. The smallest absolute Gasteiger partial charge is 0.234 e. The number of benzene rings is 1. The van der Waals surface area contributed by atoms with E-state index in [0.717, 1.165) is 32.2 Å². The molecule has 0 radical (unpaired) electrons. The van der Waals surface area contributed by atoms with Gasteiger partial charge in [0.2, 0.25) is 5.91 Å². The van der Waals surface area contributed by atoms with E-state index < -0.39 is 0 Å². The zero-order chi connectivity index (χ0) is 16.2. The van der Waals surface area contributed by atoms with Crippen LogP contribution in [0.5, 0.6) is 0 Å². The Kier molecular flexibility index (Phi) is 6.78. The number of nitrogens with one attached hydrogen (secondary N) is 1. The van der Waals surface area contributed by atoms with Crippen molar-refractivity contribution in [3.8, 4) is 10.4 Å². The quantitative estimate of drug-likeness (QED) is 0.826. The monoisotopic (exact) mass is 365 g/mol. The second-order valence-corrected chi connectivity index (χ2v) is 7.29. The Balaban J connectivity index is 0.00000208. The molecule has 2 atom stereocenters. The fourth-order valence-electron chi connectivity index (χ4n) is 3.06. The number of carbonyl (C=O) groups is 1. The Hall–Kier alpha value is -1.43. The number of carbonyl (C=O) groups excluding carboxylic acids is 1. The Labute approximate surface area is 153 Å². The van der Waals surface area contributed by atoms with Gasteiger partial charge >= 0.3 is 0 Å². The molecule has 1 fully saturated rings. The maximum absolute atomic E-state index is 11.2. The average molecular weight is 366 g/mol. The van der Waals surface area contributed by atoms with Crippen molar-refractivity contribution >= 4 is 29.7 Å². The van der Waals surface area contributed by atoms with E-state index in [-0.39, 0.29) is 24.4 Å². The molecule has 2 unspecified atom stereocenters. The molecule has 0 aliphatic carbocycles. The highest BCUT2D eigenvalue weighted by molar-refractivity contribution is 7.15. The van der Waals surface area contributed by atoms with Gasteiger partial charge < -0.3 is 11.1 Å². The van der Waals surface area contributed by atoms with Crippen LogP contribution in [0.3, 0.4) is 0 Å². The largest absolute Gasteiger partial charge is 0.368 e. The van der Waals surface area contributed by atoms with Crippen LogP contribution in [0.4, 0.5) is 0 Å². The lowest BCUT2D eigenvalue weighted by Crippen LogP contribution is -2.36. The molecule has 1 aromatic heterocycles. The maximum atomic E-state index is 11.2. The van der Waals surface area contributed by atoms with Gasteiger partial charge in [-0.05, 0) is 49.3 Å². The molecule has 2 heterocycles. The molecular weight excluding hydrogens is 342 g/mol. The molecule has 0 bridgehead atoms. The molecular formula is C18H24ClN3OS. The first-order valence-corrected chi connectivity index (χ1v) is 9.04. The second kappa shape index (κ2) is 8.60. The topological polar surface area (TPSA) is 68.0 Å². The molecule has 130 valence electrons. The normalized spacial score (nSPS) is 19.9. The van der Waals surface area contributed by atoms with Crippen LogP contribution in [0.1, 0.15) is 30.3 Å². The summed E-state index contributed by atoms with van der Waals surface area (Å²) in [5.74, 6) is 0.314. The number of primary amides is 1. The molecule has 1 amide bonds. The zero-order valence-corrected chi connectivity index (χ0v) is 15.5. The zero-order valence-electron chi connectivity index (χ0n) is 13.8. The molecule has 0 saturated carbocycles. The van der Waals surface area contributed by atoms with Crippen molar-refractivity contribution in [1.82, 2.24) is 10.3 Å². The van der Waals surface area contributed by atoms with Gasteiger partial charge in [0, 0.05) is 6.20 Å². The molecule has 3 N–H and O–H groups in total. The number of amides is 1. The predicted molar refractivity (Wildman–Crippen MR) is 102 cm³/mol. The van der Waals surface area contributed by atoms with Crippen LogP contribution in [0.15, 0.2) is 30.5 Å². The summed E-state index contributed by atoms with van der Waals surface area (Å²) < 4.78 is 0. The number of nitrogens with zero attached hydrogens (tertiary/aromatic N) is 1. The summed E-state index contributed by atoms with van der Waals surface area (Å²) in [4.78, 5) is 16.8. The first-order valence-electron chi connectivity index (χ1n) is 8.22. The molecule has 24 heavy (non-hydrogen) atoms. The molecule has 1 saturated heterocycles. The highest BCUT2D eigenvalue weighted by atomic mass is 35.5. The fraction of sp³-hybridized carbons (Fsp3) is 0.444. The second-order valence-electron chi connectivity index (χ2n) is 6.17. The van der Waals surface area contributed by atoms with Crippen molar-refractivity contribution in [3.05, 3.63) is 41.0 Å². The van der Waals surface area contributed by atoms with Gasteiger partial charge in [-0.15, -0.1) is 23.7 Å². The highest BCUT2D eigenvalue weighted by Crippen LogP contribution is 2.27. The lowest BCUT2D eigenvalue weighted by Gasteiger charge is -2.09. The molecule has 0 spiro atoms. The molecule has 3 rings (SSSR count). The summed E-state index contributed by atoms with van der Waals surface area (Å²) in [6.45, 7) is 3.03. The molecule has 2 aromatic rings. The lowest BCUT2D eigenvalue weighted by atomic mass is 9.96. The van der Waals surface area contributed by atoms with E-state index in [1.807, 2.05) is 6.20 Å². The minimum absolute atomic E-state index is 0. The SMILES string of the molecule is CCc1ncc(-c2ccc(CCC3CNC(C(N)=O)C3)cc2)s1.Cl. The van der Waals surface area contributed by atoms with Gasteiger partial charge in [0.05, 0.1) is 15.9 Å². The van der Waals surface area contributed by atoms with E-state index >= 15 is 0 Å². The Morgan fingerprint density at radius 3 is 2.71 bits per heavy atom. The van der Waals surface area contributed by atoms with Crippen LogP contribution in [-0.4, -0.2) is 23.5 Å². The van der Waals surface area contributed by atoms with Gasteiger partial charge in [0.25, 0.3) is 0 Å². The van der Waals surface area contributed by atoms with Gasteiger partial charge in [-0.3, -0.25) is 4.79 Å². The summed E-state index contributed by atoms with van der Waals surface area (Å²) in [6, 6.07) is 8.63. The number of thiazole rings is 1. The van der Waals surface area contributed by atoms with Crippen LogP contribution in [-0.2, 0) is 17.6 Å². The van der Waals surface area contributed by atoms with Gasteiger partial charge in [-0.1, -0.05) is 31.2 Å². The van der Waals surface area contributed by atoms with Gasteiger partial charge in [-0.2, -0.15) is 0 Å². The number of halogens is 1. The van der Waals surface area contributed by atoms with E-state index in [2.05, 4.69) is 41.5 Å². The summed E-state index contributed by atoms with van der Waals surface area (Å²) >= 11 is 1.77. The van der Waals surface area contributed by atoms with E-state index in [0.29, 0.717) is 5.92 Å². The first-order chi connectivity index (χ1) is 11.2. The number of hydrogen-bond acceptors (Lipinski definition) is 4. The number of hydrogen-bond donors (Lipinski definition) is 2. The van der Waals surface area contributed by atoms with Gasteiger partial charge in [0.1, 0.15) is 0 Å². The molecule has 1 aromatic carbocycles. The standard InChI is InChI=1S/C18H23N3OS.ClH/c1-2-17-21-11-16(23-17)14-7-5-12(6-8-14)3-4-13-9-15(18(19)22)20-10-13;/h5-8,11,13,15,20H,2-4,9-10H2,1H3,(H2,19,22);1H. The number of nitrogens with two attached hydrogens (primary N) is 1. The van der Waals surface area contributed by atoms with E-state index in [4.69, 9.17) is 5.73 Å². The fourth-order valence-corrected chi connectivity index (χ4v) is 3.92. The average Bonchev–Trinajstić information content (AvgIpc) is 3.23. The predicted octanol–water partition coefficient (Wildman–Crippen LogP) is 3.19. The van der Waals surface area contributed by atoms with Crippen molar-refractivity contribution in [1.29, 1.82) is 0 Å². The van der Waals surface area contributed by atoms with Crippen LogP contribution in [0, 0.1) is 5.92 Å². The minimum Gasteiger partial charge on any atom is -0.368 e. The van der Waals surface area contributed by atoms with Crippen LogP contribution < -0.4 is 11.1 Å². The van der Waals surface area contributed by atoms with Crippen molar-refractivity contribution in [2.45, 2.75) is 38.6 Å². The summed E-state index contributed by atoms with van der Waals surface area (Å²) in [6.07, 6.45) is 5.96. The molecule has 4 nitrogen and oxygen atoms in total. The van der Waals surface area contributed by atoms with E-state index in [1.54, 1.807) is 11.3 Å². The third-order valence-corrected chi connectivity index (χ3v) is 5.69. The van der Waals surface area contributed by atoms with E-state index in [9.17, 15) is 4.79 Å². The molecule has 1 aliphatic rings. The van der Waals surface area contributed by atoms with Crippen molar-refractivity contribution in [3.63, 3.8) is 0 Å². The van der Waals surface area contributed by atoms with Crippen molar-refractivity contribution in [2.75, 3.05) is 6.54 Å². The number of rotatable bonds is 6. The Bertz CT molecular complexity index is 671. The van der Waals surface area contributed by atoms with Crippen LogP contribution in [0.25, 0.3) is 10.4 Å². The Morgan fingerprint density at radius 1 is 1.38 bits per heavy atom. The van der Waals surface area contributed by atoms with Crippen molar-refractivity contribution in [2.24, 2.45) is 11.7 Å². The molecule has 1 aliphatic heterocycles. The van der Waals surface area contributed by atoms with Crippen molar-refractivity contribution < 1.29 is 4.79 Å². The van der Waals surface area contributed by atoms with Gasteiger partial charge in [-0.25, -0.2) is 4.98 Å². The number of aryl methyl sites for hydroxylation is 2. The lowest BCUT2D eigenvalue weighted by molar-refractivity contribution is -0.119. The highest BCUT2D eigenvalue weighted by Gasteiger charge is 2.27. The van der Waals surface area contributed by atoms with E-state index in [1.165, 1.54) is 21.0 Å². The third kappa shape index (κ3) is 4.56. The van der Waals surface area contributed by atoms with Gasteiger partial charge in [0.15, 0.2) is 0 Å². The third-order valence-electron chi connectivity index (χ3n) is 4.50. The summed E-state index contributed by atoms with van der Waals surface area (Å²) in [5, 5.41) is 4.38. The minimum atomic E-state index is -0.229. The molecule has 6 heteroatoms. The number of aromatic nitrogens is 1. The van der Waals surface area contributed by atoms with Crippen LogP contribution in [0.2, 0.25) is 0 Å². The summed E-state index contributed by atoms with van der Waals surface area (Å²) in [7, 11) is 0. The van der Waals surface area contributed by atoms with Crippen LogP contribution >= 0.6 is 23.7 Å². The first kappa shape index (κ1) is 18.9. The maximum Gasteiger partial charge on any atom is 0.234 e. The Morgan fingerprint density at radius 2 is 2.12 bits per heavy atom.